The highest BCUT2D eigenvalue weighted by molar-refractivity contribution is 6.15. The zero-order valence-corrected chi connectivity index (χ0v) is 15.6. The van der Waals surface area contributed by atoms with E-state index < -0.39 is 0 Å². The molecule has 0 fully saturated rings. The average molecular weight is 357 g/mol. The number of ketones is 1. The Balaban J connectivity index is 2.27. The zero-order valence-electron chi connectivity index (χ0n) is 15.6. The lowest BCUT2D eigenvalue weighted by Crippen LogP contribution is -2.08. The zero-order chi connectivity index (χ0) is 19.2. The summed E-state index contributed by atoms with van der Waals surface area (Å²) in [5.41, 5.74) is 3.91. The quantitative estimate of drug-likeness (QED) is 0.329. The molecule has 136 valence electrons. The summed E-state index contributed by atoms with van der Waals surface area (Å²) < 4.78 is 2.13. The molecule has 0 aliphatic heterocycles. The highest BCUT2D eigenvalue weighted by atomic mass is 16.1. The van der Waals surface area contributed by atoms with Gasteiger partial charge in [0.1, 0.15) is 6.29 Å². The lowest BCUT2D eigenvalue weighted by atomic mass is 9.96. The molecule has 0 aliphatic rings. The fourth-order valence-corrected chi connectivity index (χ4v) is 3.26. The molecule has 0 amide bonds. The van der Waals surface area contributed by atoms with E-state index >= 15 is 0 Å². The number of carbonyl (C=O) groups excluding carboxylic acids is 2. The van der Waals surface area contributed by atoms with Crippen molar-refractivity contribution < 1.29 is 9.59 Å². The molecular weight excluding hydrogens is 334 g/mol. The van der Waals surface area contributed by atoms with Crippen molar-refractivity contribution in [2.24, 2.45) is 5.92 Å². The first kappa shape index (κ1) is 18.6. The molecule has 0 unspecified atom stereocenters. The van der Waals surface area contributed by atoms with Gasteiger partial charge >= 0.3 is 0 Å². The molecule has 1 heterocycles. The van der Waals surface area contributed by atoms with Crippen molar-refractivity contribution in [3.05, 3.63) is 89.6 Å². The third kappa shape index (κ3) is 4.14. The molecule has 0 bridgehead atoms. The fraction of sp³-hybridized carbons (Fsp3) is 0.167. The molecule has 3 nitrogen and oxygen atoms in total. The minimum atomic E-state index is -0.0393. The molecule has 0 radical (unpaired) electrons. The molecular formula is C24H23NO2. The maximum absolute atomic E-state index is 13.4. The topological polar surface area (TPSA) is 39.1 Å². The SMILES string of the molecule is CC(C)Cn1cc(/C=C/C=O)c(C(=O)c2ccccc2)c1-c1ccccc1. The van der Waals surface area contributed by atoms with Crippen LogP contribution in [-0.2, 0) is 11.3 Å². The van der Waals surface area contributed by atoms with Crippen LogP contribution in [0, 0.1) is 5.92 Å². The number of hydrogen-bond donors (Lipinski definition) is 0. The fourth-order valence-electron chi connectivity index (χ4n) is 3.26. The summed E-state index contributed by atoms with van der Waals surface area (Å²) in [5.74, 6) is 0.380. The van der Waals surface area contributed by atoms with Crippen LogP contribution in [0.25, 0.3) is 17.3 Å². The Morgan fingerprint density at radius 1 is 1.00 bits per heavy atom. The largest absolute Gasteiger partial charge is 0.346 e. The van der Waals surface area contributed by atoms with E-state index in [4.69, 9.17) is 0 Å². The van der Waals surface area contributed by atoms with E-state index in [2.05, 4.69) is 18.4 Å². The van der Waals surface area contributed by atoms with E-state index in [1.54, 1.807) is 6.08 Å². The molecule has 0 spiro atoms. The average Bonchev–Trinajstić information content (AvgIpc) is 3.04. The predicted octanol–water partition coefficient (Wildman–Crippen LogP) is 5.25. The van der Waals surface area contributed by atoms with Gasteiger partial charge in [-0.05, 0) is 23.6 Å². The summed E-state index contributed by atoms with van der Waals surface area (Å²) in [6.45, 7) is 5.08. The second kappa shape index (κ2) is 8.45. The summed E-state index contributed by atoms with van der Waals surface area (Å²) in [7, 11) is 0. The number of benzene rings is 2. The second-order valence-electron chi connectivity index (χ2n) is 6.91. The van der Waals surface area contributed by atoms with E-state index in [-0.39, 0.29) is 5.78 Å². The number of rotatable bonds is 7. The van der Waals surface area contributed by atoms with Crippen molar-refractivity contribution in [2.75, 3.05) is 0 Å². The van der Waals surface area contributed by atoms with E-state index in [0.717, 1.165) is 29.7 Å². The van der Waals surface area contributed by atoms with Gasteiger partial charge in [-0.25, -0.2) is 0 Å². The summed E-state index contributed by atoms with van der Waals surface area (Å²) in [6.07, 6.45) is 5.86. The summed E-state index contributed by atoms with van der Waals surface area (Å²) in [5, 5.41) is 0. The van der Waals surface area contributed by atoms with Crippen molar-refractivity contribution >= 4 is 18.1 Å². The van der Waals surface area contributed by atoms with Crippen LogP contribution in [0.5, 0.6) is 0 Å². The third-order valence-electron chi connectivity index (χ3n) is 4.33. The van der Waals surface area contributed by atoms with E-state index in [0.29, 0.717) is 17.0 Å². The van der Waals surface area contributed by atoms with Crippen LogP contribution in [0.2, 0.25) is 0 Å². The summed E-state index contributed by atoms with van der Waals surface area (Å²) in [6, 6.07) is 19.2. The molecule has 0 N–H and O–H groups in total. The van der Waals surface area contributed by atoms with Crippen LogP contribution in [0.3, 0.4) is 0 Å². The minimum Gasteiger partial charge on any atom is -0.346 e. The summed E-state index contributed by atoms with van der Waals surface area (Å²) >= 11 is 0. The van der Waals surface area contributed by atoms with Gasteiger partial charge in [0.25, 0.3) is 0 Å². The molecule has 0 saturated carbocycles. The van der Waals surface area contributed by atoms with Crippen LogP contribution in [-0.4, -0.2) is 16.6 Å². The first-order valence-corrected chi connectivity index (χ1v) is 9.12. The molecule has 3 rings (SSSR count). The van der Waals surface area contributed by atoms with Crippen molar-refractivity contribution in [1.29, 1.82) is 0 Å². The van der Waals surface area contributed by atoms with Crippen LogP contribution in [0.4, 0.5) is 0 Å². The van der Waals surface area contributed by atoms with Crippen molar-refractivity contribution in [3.63, 3.8) is 0 Å². The molecule has 3 aromatic rings. The smallest absolute Gasteiger partial charge is 0.195 e. The number of aldehydes is 1. The molecule has 3 heteroatoms. The van der Waals surface area contributed by atoms with Crippen LogP contribution in [0.1, 0.15) is 35.3 Å². The van der Waals surface area contributed by atoms with Gasteiger partial charge in [0, 0.05) is 23.9 Å². The number of aromatic nitrogens is 1. The maximum Gasteiger partial charge on any atom is 0.195 e. The van der Waals surface area contributed by atoms with Crippen molar-refractivity contribution in [2.45, 2.75) is 20.4 Å². The van der Waals surface area contributed by atoms with Gasteiger partial charge in [-0.2, -0.15) is 0 Å². The summed E-state index contributed by atoms with van der Waals surface area (Å²) in [4.78, 5) is 24.3. The highest BCUT2D eigenvalue weighted by Crippen LogP contribution is 2.32. The Hall–Kier alpha value is -3.20. The molecule has 0 aliphatic carbocycles. The van der Waals surface area contributed by atoms with E-state index in [9.17, 15) is 9.59 Å². The van der Waals surface area contributed by atoms with E-state index in [1.807, 2.05) is 66.9 Å². The first-order chi connectivity index (χ1) is 13.1. The monoisotopic (exact) mass is 357 g/mol. The van der Waals surface area contributed by atoms with Gasteiger partial charge in [-0.1, -0.05) is 74.5 Å². The van der Waals surface area contributed by atoms with E-state index in [1.165, 1.54) is 6.08 Å². The lowest BCUT2D eigenvalue weighted by Gasteiger charge is -2.13. The number of hydrogen-bond acceptors (Lipinski definition) is 2. The van der Waals surface area contributed by atoms with Crippen LogP contribution in [0.15, 0.2) is 72.9 Å². The Morgan fingerprint density at radius 2 is 1.63 bits per heavy atom. The second-order valence-corrected chi connectivity index (χ2v) is 6.91. The molecule has 0 saturated heterocycles. The molecule has 27 heavy (non-hydrogen) atoms. The maximum atomic E-state index is 13.4. The third-order valence-corrected chi connectivity index (χ3v) is 4.33. The normalized spacial score (nSPS) is 11.2. The Kier molecular flexibility index (Phi) is 5.82. The van der Waals surface area contributed by atoms with Gasteiger partial charge in [-0.3, -0.25) is 9.59 Å². The Bertz CT molecular complexity index is 951. The van der Waals surface area contributed by atoms with Gasteiger partial charge in [0.15, 0.2) is 5.78 Å². The van der Waals surface area contributed by atoms with Crippen molar-refractivity contribution in [3.8, 4) is 11.3 Å². The standard InChI is InChI=1S/C24H23NO2/c1-18(2)16-25-17-21(14-9-15-26)22(23(25)19-10-5-3-6-11-19)24(27)20-12-7-4-8-13-20/h3-15,17-18H,16H2,1-2H3/b14-9+. The molecule has 0 atom stereocenters. The van der Waals surface area contributed by atoms with Crippen LogP contribution >= 0.6 is 0 Å². The minimum absolute atomic E-state index is 0.0393. The number of carbonyl (C=O) groups is 2. The number of nitrogens with zero attached hydrogens (tertiary/aromatic N) is 1. The van der Waals surface area contributed by atoms with Gasteiger partial charge in [0.05, 0.1) is 11.3 Å². The Labute approximate surface area is 160 Å². The van der Waals surface area contributed by atoms with Crippen molar-refractivity contribution in [1.82, 2.24) is 4.57 Å². The molecule has 2 aromatic carbocycles. The first-order valence-electron chi connectivity index (χ1n) is 9.12. The van der Waals surface area contributed by atoms with Gasteiger partial charge < -0.3 is 4.57 Å². The Morgan fingerprint density at radius 3 is 2.22 bits per heavy atom. The lowest BCUT2D eigenvalue weighted by molar-refractivity contribution is -0.104. The predicted molar refractivity (Wildman–Crippen MR) is 110 cm³/mol. The molecule has 1 aromatic heterocycles. The van der Waals surface area contributed by atoms with Crippen LogP contribution < -0.4 is 0 Å². The van der Waals surface area contributed by atoms with Gasteiger partial charge in [-0.15, -0.1) is 0 Å². The highest BCUT2D eigenvalue weighted by Gasteiger charge is 2.23. The van der Waals surface area contributed by atoms with Gasteiger partial charge in [0.2, 0.25) is 0 Å². The number of allylic oxidation sites excluding steroid dienone is 1.